The van der Waals surface area contributed by atoms with Gasteiger partial charge in [-0.05, 0) is 22.3 Å². The number of aldehydes is 1. The van der Waals surface area contributed by atoms with Gasteiger partial charge in [0.25, 0.3) is 0 Å². The zero-order valence-electron chi connectivity index (χ0n) is 13.3. The summed E-state index contributed by atoms with van der Waals surface area (Å²) in [6.07, 6.45) is 3.49. The van der Waals surface area contributed by atoms with Crippen LogP contribution < -0.4 is 5.32 Å². The molecule has 3 rings (SSSR count). The van der Waals surface area contributed by atoms with E-state index in [2.05, 4.69) is 48.3 Å². The highest BCUT2D eigenvalue weighted by Crippen LogP contribution is 2.35. The molecule has 0 amide bonds. The third kappa shape index (κ3) is 2.85. The van der Waals surface area contributed by atoms with Gasteiger partial charge in [-0.2, -0.15) is 0 Å². The Kier molecular flexibility index (Phi) is 4.42. The van der Waals surface area contributed by atoms with E-state index in [0.29, 0.717) is 13.0 Å². The minimum Gasteiger partial charge on any atom is -0.372 e. The summed E-state index contributed by atoms with van der Waals surface area (Å²) in [5.74, 6) is 0. The maximum absolute atomic E-state index is 11.0. The number of carbonyl (C=O) groups is 1. The molecule has 0 aliphatic carbocycles. The molecule has 2 aromatic carbocycles. The number of rotatable bonds is 5. The van der Waals surface area contributed by atoms with Crippen LogP contribution in [0.4, 0.5) is 0 Å². The Bertz CT molecular complexity index is 708. The topological polar surface area (TPSA) is 38.3 Å². The molecule has 3 nitrogen and oxygen atoms in total. The molecule has 0 saturated carbocycles. The Morgan fingerprint density at radius 1 is 1.22 bits per heavy atom. The number of hydrogen-bond donors (Lipinski definition) is 1. The fraction of sp³-hybridized carbons (Fsp3) is 0.250. The minimum atomic E-state index is -0.429. The van der Waals surface area contributed by atoms with Crippen molar-refractivity contribution >= 4 is 12.4 Å². The predicted molar refractivity (Wildman–Crippen MR) is 93.1 cm³/mol. The Morgan fingerprint density at radius 3 is 2.57 bits per heavy atom. The van der Waals surface area contributed by atoms with Gasteiger partial charge in [0, 0.05) is 20.1 Å². The van der Waals surface area contributed by atoms with Crippen molar-refractivity contribution < 1.29 is 9.53 Å². The van der Waals surface area contributed by atoms with Gasteiger partial charge in [-0.3, -0.25) is 0 Å². The zero-order valence-corrected chi connectivity index (χ0v) is 13.3. The fourth-order valence-electron chi connectivity index (χ4n) is 3.28. The molecule has 1 fully saturated rings. The molecule has 0 aromatic heterocycles. The summed E-state index contributed by atoms with van der Waals surface area (Å²) in [6.45, 7) is 4.53. The average Bonchev–Trinajstić information content (AvgIpc) is 3.07. The number of ether oxygens (including phenoxy) is 1. The summed E-state index contributed by atoms with van der Waals surface area (Å²) < 4.78 is 5.77. The zero-order chi connectivity index (χ0) is 16.3. The molecule has 118 valence electrons. The molecule has 0 bridgehead atoms. The molecule has 2 atom stereocenters. The van der Waals surface area contributed by atoms with E-state index in [4.69, 9.17) is 4.74 Å². The summed E-state index contributed by atoms with van der Waals surface area (Å²) in [5, 5.41) is 3.20. The molecule has 1 saturated heterocycles. The average molecular weight is 307 g/mol. The van der Waals surface area contributed by atoms with Crippen LogP contribution in [0.2, 0.25) is 0 Å². The highest BCUT2D eigenvalue weighted by Gasteiger charge is 2.40. The van der Waals surface area contributed by atoms with Crippen LogP contribution in [-0.2, 0) is 15.1 Å². The maximum atomic E-state index is 11.0. The highest BCUT2D eigenvalue weighted by molar-refractivity contribution is 5.74. The fourth-order valence-corrected chi connectivity index (χ4v) is 3.28. The molecule has 1 N–H and O–H groups in total. The predicted octanol–water partition coefficient (Wildman–Crippen LogP) is 3.40. The van der Waals surface area contributed by atoms with Gasteiger partial charge < -0.3 is 14.8 Å². The summed E-state index contributed by atoms with van der Waals surface area (Å²) in [6, 6.07) is 16.4. The first-order valence-electron chi connectivity index (χ1n) is 7.78. The number of methoxy groups -OCH3 is 1. The van der Waals surface area contributed by atoms with Crippen LogP contribution in [0.15, 0.2) is 55.1 Å². The first kappa shape index (κ1) is 15.7. The lowest BCUT2D eigenvalue weighted by Gasteiger charge is -2.27. The van der Waals surface area contributed by atoms with E-state index in [1.54, 1.807) is 7.11 Å². The molecular formula is C20H21NO2. The normalized spacial score (nSPS) is 23.6. The van der Waals surface area contributed by atoms with Crippen molar-refractivity contribution in [3.8, 4) is 11.1 Å². The quantitative estimate of drug-likeness (QED) is 0.860. The van der Waals surface area contributed by atoms with E-state index in [9.17, 15) is 4.79 Å². The maximum Gasteiger partial charge on any atom is 0.137 e. The first-order valence-corrected chi connectivity index (χ1v) is 7.78. The van der Waals surface area contributed by atoms with Gasteiger partial charge in [-0.1, -0.05) is 61.2 Å². The molecule has 1 aliphatic rings. The van der Waals surface area contributed by atoms with E-state index in [1.807, 2.05) is 18.2 Å². The smallest absolute Gasteiger partial charge is 0.137 e. The van der Waals surface area contributed by atoms with Gasteiger partial charge in [-0.25, -0.2) is 0 Å². The van der Waals surface area contributed by atoms with E-state index in [1.165, 1.54) is 0 Å². The lowest BCUT2D eigenvalue weighted by atomic mass is 9.89. The molecule has 2 aromatic rings. The van der Waals surface area contributed by atoms with Crippen molar-refractivity contribution in [2.24, 2.45) is 0 Å². The SMILES string of the molecule is C=Cc1ccccc1-c1ccc([C@@]2(OC)CN[C@H](C=O)C2)cc1. The van der Waals surface area contributed by atoms with Crippen molar-refractivity contribution in [1.29, 1.82) is 0 Å². The van der Waals surface area contributed by atoms with Crippen molar-refractivity contribution in [1.82, 2.24) is 5.32 Å². The van der Waals surface area contributed by atoms with Crippen LogP contribution >= 0.6 is 0 Å². The Balaban J connectivity index is 1.93. The van der Waals surface area contributed by atoms with Gasteiger partial charge in [0.1, 0.15) is 11.9 Å². The lowest BCUT2D eigenvalue weighted by Crippen LogP contribution is -2.30. The Hall–Kier alpha value is -2.23. The van der Waals surface area contributed by atoms with E-state index >= 15 is 0 Å². The summed E-state index contributed by atoms with van der Waals surface area (Å²) >= 11 is 0. The molecule has 0 spiro atoms. The third-order valence-electron chi connectivity index (χ3n) is 4.66. The van der Waals surface area contributed by atoms with Crippen molar-refractivity contribution in [3.63, 3.8) is 0 Å². The first-order chi connectivity index (χ1) is 11.2. The van der Waals surface area contributed by atoms with E-state index in [0.717, 1.165) is 28.5 Å². The van der Waals surface area contributed by atoms with E-state index < -0.39 is 5.60 Å². The summed E-state index contributed by atoms with van der Waals surface area (Å²) in [7, 11) is 1.70. The van der Waals surface area contributed by atoms with Gasteiger partial charge in [-0.15, -0.1) is 0 Å². The summed E-state index contributed by atoms with van der Waals surface area (Å²) in [5.41, 5.74) is 4.09. The second-order valence-corrected chi connectivity index (χ2v) is 5.89. The number of nitrogens with one attached hydrogen (secondary N) is 1. The monoisotopic (exact) mass is 307 g/mol. The largest absolute Gasteiger partial charge is 0.372 e. The van der Waals surface area contributed by atoms with Crippen LogP contribution in [-0.4, -0.2) is 26.0 Å². The second-order valence-electron chi connectivity index (χ2n) is 5.89. The van der Waals surface area contributed by atoms with Crippen LogP contribution in [0, 0.1) is 0 Å². The van der Waals surface area contributed by atoms with Crippen LogP contribution in [0.5, 0.6) is 0 Å². The number of hydrogen-bond acceptors (Lipinski definition) is 3. The van der Waals surface area contributed by atoms with Crippen LogP contribution in [0.25, 0.3) is 17.2 Å². The van der Waals surface area contributed by atoms with Crippen molar-refractivity contribution in [3.05, 3.63) is 66.2 Å². The van der Waals surface area contributed by atoms with Gasteiger partial charge in [0.15, 0.2) is 0 Å². The number of carbonyl (C=O) groups excluding carboxylic acids is 1. The molecular weight excluding hydrogens is 286 g/mol. The molecule has 3 heteroatoms. The van der Waals surface area contributed by atoms with E-state index in [-0.39, 0.29) is 6.04 Å². The molecule has 1 heterocycles. The van der Waals surface area contributed by atoms with Gasteiger partial charge in [0.2, 0.25) is 0 Å². The minimum absolute atomic E-state index is 0.142. The van der Waals surface area contributed by atoms with Crippen molar-refractivity contribution in [2.45, 2.75) is 18.1 Å². The van der Waals surface area contributed by atoms with Crippen LogP contribution in [0.3, 0.4) is 0 Å². The third-order valence-corrected chi connectivity index (χ3v) is 4.66. The molecule has 0 radical (unpaired) electrons. The van der Waals surface area contributed by atoms with Crippen LogP contribution in [0.1, 0.15) is 17.5 Å². The standard InChI is InChI=1S/C20H21NO2/c1-3-15-6-4-5-7-19(15)16-8-10-17(11-9-16)20(23-2)12-18(13-22)21-14-20/h3-11,13,18,21H,1,12,14H2,2H3/t18-,20-/m0/s1. The Labute approximate surface area is 137 Å². The van der Waals surface area contributed by atoms with Gasteiger partial charge >= 0.3 is 0 Å². The number of benzene rings is 2. The van der Waals surface area contributed by atoms with Crippen molar-refractivity contribution in [2.75, 3.05) is 13.7 Å². The molecule has 0 unspecified atom stereocenters. The molecule has 1 aliphatic heterocycles. The second kappa shape index (κ2) is 6.49. The lowest BCUT2D eigenvalue weighted by molar-refractivity contribution is -0.109. The summed E-state index contributed by atoms with van der Waals surface area (Å²) in [4.78, 5) is 11.0. The Morgan fingerprint density at radius 2 is 1.96 bits per heavy atom. The highest BCUT2D eigenvalue weighted by atomic mass is 16.5. The van der Waals surface area contributed by atoms with Gasteiger partial charge in [0.05, 0.1) is 6.04 Å². The molecule has 23 heavy (non-hydrogen) atoms.